The number of hydrogen-bond donors (Lipinski definition) is 0. The van der Waals surface area contributed by atoms with Crippen molar-refractivity contribution in [3.8, 4) is 0 Å². The van der Waals surface area contributed by atoms with Crippen LogP contribution in [0.5, 0.6) is 0 Å². The lowest BCUT2D eigenvalue weighted by Gasteiger charge is -2.18. The van der Waals surface area contributed by atoms with Gasteiger partial charge in [-0.05, 0) is 57.8 Å². The SMILES string of the molecule is CC/C=C\C/C=C\C/C=C\C/C=C\CCCCCCCCCCCCCCCCCCC(=O)OCC(COC(=O)CCCCCCCCCCCCCCCCCCC)OC(=O)CCCCCCCCCCCCCCCCCCCCC. The second-order valence-electron chi connectivity index (χ2n) is 25.2. The first-order valence-electron chi connectivity index (χ1n) is 37.1. The van der Waals surface area contributed by atoms with Crippen molar-refractivity contribution >= 4 is 17.9 Å². The summed E-state index contributed by atoms with van der Waals surface area (Å²) in [5.41, 5.74) is 0. The van der Waals surface area contributed by atoms with E-state index in [0.717, 1.165) is 83.5 Å². The van der Waals surface area contributed by atoms with Crippen molar-refractivity contribution in [1.29, 1.82) is 0 Å². The number of esters is 3. The number of carbonyl (C=O) groups excluding carboxylic acids is 3. The predicted molar refractivity (Wildman–Crippen MR) is 362 cm³/mol. The molecule has 1 atom stereocenters. The lowest BCUT2D eigenvalue weighted by atomic mass is 10.0. The van der Waals surface area contributed by atoms with Crippen LogP contribution >= 0.6 is 0 Å². The van der Waals surface area contributed by atoms with Gasteiger partial charge < -0.3 is 14.2 Å². The molecule has 0 aliphatic heterocycles. The van der Waals surface area contributed by atoms with Crippen molar-refractivity contribution in [2.75, 3.05) is 13.2 Å². The van der Waals surface area contributed by atoms with Crippen molar-refractivity contribution in [2.45, 2.75) is 412 Å². The van der Waals surface area contributed by atoms with Gasteiger partial charge in [0.2, 0.25) is 0 Å². The molecule has 6 nitrogen and oxygen atoms in total. The van der Waals surface area contributed by atoms with Crippen LogP contribution in [0.2, 0.25) is 0 Å². The highest BCUT2D eigenvalue weighted by molar-refractivity contribution is 5.71. The van der Waals surface area contributed by atoms with Crippen molar-refractivity contribution in [3.63, 3.8) is 0 Å². The Hall–Kier alpha value is -2.63. The van der Waals surface area contributed by atoms with E-state index in [4.69, 9.17) is 14.2 Å². The van der Waals surface area contributed by atoms with Crippen LogP contribution in [0.3, 0.4) is 0 Å². The molecule has 0 aliphatic carbocycles. The number of hydrogen-bond acceptors (Lipinski definition) is 6. The van der Waals surface area contributed by atoms with E-state index in [-0.39, 0.29) is 31.1 Å². The smallest absolute Gasteiger partial charge is 0.306 e. The predicted octanol–water partition coefficient (Wildman–Crippen LogP) is 25.7. The standard InChI is InChI=1S/C77H142O6/c1-4-7-10-13-16-19-22-25-28-31-33-34-35-36-37-38-39-40-41-42-44-46-49-52-55-58-61-64-67-70-76(79)82-73-74(72-81-75(78)69-66-63-60-57-54-51-48-45-30-27-24-21-18-15-12-9-6-3)83-77(80)71-68-65-62-59-56-53-50-47-43-32-29-26-23-20-17-14-11-8-5-2/h7,10,16,19,25,28,33-34,74H,4-6,8-9,11-15,17-18,20-24,26-27,29-32,35-73H2,1-3H3/b10-7-,19-16-,28-25-,34-33-. The van der Waals surface area contributed by atoms with Crippen LogP contribution in [0, 0.1) is 0 Å². The molecule has 0 spiro atoms. The van der Waals surface area contributed by atoms with E-state index in [1.165, 1.54) is 283 Å². The lowest BCUT2D eigenvalue weighted by Crippen LogP contribution is -2.30. The molecule has 0 rings (SSSR count). The second-order valence-corrected chi connectivity index (χ2v) is 25.2. The van der Waals surface area contributed by atoms with Gasteiger partial charge in [0.25, 0.3) is 0 Å². The Balaban J connectivity index is 4.23. The Labute approximate surface area is 518 Å². The molecule has 0 bridgehead atoms. The van der Waals surface area contributed by atoms with Crippen LogP contribution in [-0.4, -0.2) is 37.2 Å². The minimum absolute atomic E-state index is 0.0649. The van der Waals surface area contributed by atoms with Crippen LogP contribution < -0.4 is 0 Å². The maximum Gasteiger partial charge on any atom is 0.306 e. The van der Waals surface area contributed by atoms with Gasteiger partial charge in [0.15, 0.2) is 6.10 Å². The first kappa shape index (κ1) is 80.4. The summed E-state index contributed by atoms with van der Waals surface area (Å²) in [5.74, 6) is -0.830. The molecule has 0 amide bonds. The summed E-state index contributed by atoms with van der Waals surface area (Å²) in [6.07, 6.45) is 91.5. The highest BCUT2D eigenvalue weighted by atomic mass is 16.6. The molecule has 0 saturated carbocycles. The molecule has 83 heavy (non-hydrogen) atoms. The molecule has 0 aromatic heterocycles. The third kappa shape index (κ3) is 70.0. The molecule has 0 N–H and O–H groups in total. The van der Waals surface area contributed by atoms with Crippen LogP contribution in [0.1, 0.15) is 406 Å². The Kier molecular flexibility index (Phi) is 69.6. The van der Waals surface area contributed by atoms with Crippen LogP contribution in [0.4, 0.5) is 0 Å². The van der Waals surface area contributed by atoms with E-state index in [9.17, 15) is 14.4 Å². The average Bonchev–Trinajstić information content (AvgIpc) is 3.49. The minimum atomic E-state index is -0.769. The zero-order chi connectivity index (χ0) is 59.9. The maximum atomic E-state index is 13.0. The van der Waals surface area contributed by atoms with Crippen molar-refractivity contribution in [1.82, 2.24) is 0 Å². The number of allylic oxidation sites excluding steroid dienone is 8. The molecule has 6 heteroatoms. The summed E-state index contributed by atoms with van der Waals surface area (Å²) in [5, 5.41) is 0. The number of unbranched alkanes of at least 4 members (excludes halogenated alkanes) is 50. The highest BCUT2D eigenvalue weighted by Gasteiger charge is 2.20. The molecule has 0 saturated heterocycles. The topological polar surface area (TPSA) is 78.9 Å². The largest absolute Gasteiger partial charge is 0.462 e. The molecule has 1 unspecified atom stereocenters. The molecular formula is C77H142O6. The maximum absolute atomic E-state index is 13.0. The number of rotatable bonds is 69. The summed E-state index contributed by atoms with van der Waals surface area (Å²) in [6, 6.07) is 0. The Bertz CT molecular complexity index is 1430. The van der Waals surface area contributed by atoms with Gasteiger partial charge in [-0.1, -0.05) is 378 Å². The Morgan fingerprint density at radius 1 is 0.253 bits per heavy atom. The number of ether oxygens (including phenoxy) is 3. The molecule has 0 fully saturated rings. The normalized spacial score (nSPS) is 12.3. The summed E-state index contributed by atoms with van der Waals surface area (Å²) in [4.78, 5) is 38.5. The molecule has 0 aromatic carbocycles. The molecular weight excluding hydrogens is 1020 g/mol. The van der Waals surface area contributed by atoms with Gasteiger partial charge in [0.05, 0.1) is 0 Å². The van der Waals surface area contributed by atoms with Crippen LogP contribution in [-0.2, 0) is 28.6 Å². The zero-order valence-electron chi connectivity index (χ0n) is 56.0. The van der Waals surface area contributed by atoms with E-state index in [1.807, 2.05) is 0 Å². The average molecular weight is 1160 g/mol. The van der Waals surface area contributed by atoms with E-state index in [1.54, 1.807) is 0 Å². The van der Waals surface area contributed by atoms with E-state index in [2.05, 4.69) is 69.4 Å². The molecule has 0 heterocycles. The summed E-state index contributed by atoms with van der Waals surface area (Å²) in [6.45, 7) is 6.62. The van der Waals surface area contributed by atoms with Crippen LogP contribution in [0.15, 0.2) is 48.6 Å². The van der Waals surface area contributed by atoms with Gasteiger partial charge in [-0.2, -0.15) is 0 Å². The summed E-state index contributed by atoms with van der Waals surface area (Å²) >= 11 is 0. The van der Waals surface area contributed by atoms with Gasteiger partial charge in [0.1, 0.15) is 13.2 Å². The fourth-order valence-corrected chi connectivity index (χ4v) is 11.3. The van der Waals surface area contributed by atoms with Gasteiger partial charge in [-0.25, -0.2) is 0 Å². The fraction of sp³-hybridized carbons (Fsp3) is 0.857. The van der Waals surface area contributed by atoms with Crippen molar-refractivity contribution < 1.29 is 28.6 Å². The Morgan fingerprint density at radius 2 is 0.470 bits per heavy atom. The molecule has 0 aliphatic rings. The monoisotopic (exact) mass is 1160 g/mol. The first-order valence-corrected chi connectivity index (χ1v) is 37.1. The minimum Gasteiger partial charge on any atom is -0.462 e. The third-order valence-corrected chi connectivity index (χ3v) is 16.8. The quantitative estimate of drug-likeness (QED) is 0.0261. The Morgan fingerprint density at radius 3 is 0.735 bits per heavy atom. The second kappa shape index (κ2) is 71.8. The molecule has 0 aromatic rings. The van der Waals surface area contributed by atoms with Gasteiger partial charge in [-0.15, -0.1) is 0 Å². The van der Waals surface area contributed by atoms with E-state index in [0.29, 0.717) is 19.3 Å². The van der Waals surface area contributed by atoms with Crippen molar-refractivity contribution in [2.24, 2.45) is 0 Å². The summed E-state index contributed by atoms with van der Waals surface area (Å²) in [7, 11) is 0. The summed E-state index contributed by atoms with van der Waals surface area (Å²) < 4.78 is 17.0. The van der Waals surface area contributed by atoms with Gasteiger partial charge in [-0.3, -0.25) is 14.4 Å². The molecule has 486 valence electrons. The third-order valence-electron chi connectivity index (χ3n) is 16.8. The first-order chi connectivity index (χ1) is 41.0. The molecule has 0 radical (unpaired) electrons. The van der Waals surface area contributed by atoms with Crippen LogP contribution in [0.25, 0.3) is 0 Å². The van der Waals surface area contributed by atoms with Crippen molar-refractivity contribution in [3.05, 3.63) is 48.6 Å². The van der Waals surface area contributed by atoms with E-state index < -0.39 is 6.10 Å². The van der Waals surface area contributed by atoms with Gasteiger partial charge >= 0.3 is 17.9 Å². The lowest BCUT2D eigenvalue weighted by molar-refractivity contribution is -0.167. The van der Waals surface area contributed by atoms with E-state index >= 15 is 0 Å². The number of carbonyl (C=O) groups is 3. The highest BCUT2D eigenvalue weighted by Crippen LogP contribution is 2.19. The van der Waals surface area contributed by atoms with Gasteiger partial charge in [0, 0.05) is 19.3 Å². The zero-order valence-corrected chi connectivity index (χ0v) is 56.0. The fourth-order valence-electron chi connectivity index (χ4n) is 11.3.